The highest BCUT2D eigenvalue weighted by molar-refractivity contribution is 5.79. The molecule has 0 spiro atoms. The molecule has 0 aromatic heterocycles. The van der Waals surface area contributed by atoms with Gasteiger partial charge < -0.3 is 20.4 Å². The van der Waals surface area contributed by atoms with E-state index in [-0.39, 0.29) is 18.6 Å². The van der Waals surface area contributed by atoms with Gasteiger partial charge in [0.05, 0.1) is 6.54 Å². The quantitative estimate of drug-likeness (QED) is 0.729. The summed E-state index contributed by atoms with van der Waals surface area (Å²) >= 11 is 0. The third-order valence-electron chi connectivity index (χ3n) is 4.22. The van der Waals surface area contributed by atoms with Crippen molar-refractivity contribution in [1.29, 1.82) is 0 Å². The second-order valence-electron chi connectivity index (χ2n) is 6.74. The van der Waals surface area contributed by atoms with E-state index >= 15 is 0 Å². The first-order chi connectivity index (χ1) is 9.05. The summed E-state index contributed by atoms with van der Waals surface area (Å²) in [6.07, 6.45) is 4.04. The van der Waals surface area contributed by atoms with Crippen LogP contribution in [-0.4, -0.2) is 52.3 Å². The third kappa shape index (κ3) is 4.37. The molecule has 1 atom stereocenters. The first-order valence-electron chi connectivity index (χ1n) is 7.02. The number of hydrogen-bond acceptors (Lipinski definition) is 3. The Labute approximate surface area is 120 Å². The molecular weight excluding hydrogens is 260 g/mol. The van der Waals surface area contributed by atoms with E-state index in [0.717, 1.165) is 25.7 Å². The zero-order valence-corrected chi connectivity index (χ0v) is 12.8. The van der Waals surface area contributed by atoms with Crippen molar-refractivity contribution < 1.29 is 19.8 Å². The van der Waals surface area contributed by atoms with Crippen molar-refractivity contribution in [1.82, 2.24) is 10.2 Å². The molecule has 0 saturated heterocycles. The normalized spacial score (nSPS) is 21.9. The fourth-order valence-electron chi connectivity index (χ4n) is 2.39. The van der Waals surface area contributed by atoms with Crippen molar-refractivity contribution in [2.45, 2.75) is 58.1 Å². The fraction of sp³-hybridized carbons (Fsp3) is 0.857. The summed E-state index contributed by atoms with van der Waals surface area (Å²) in [5, 5.41) is 20.8. The fourth-order valence-corrected chi connectivity index (χ4v) is 2.39. The first-order valence-corrected chi connectivity index (χ1v) is 7.02. The average molecular weight is 286 g/mol. The van der Waals surface area contributed by atoms with Crippen molar-refractivity contribution in [2.24, 2.45) is 5.41 Å². The Kier molecular flexibility index (Phi) is 5.02. The van der Waals surface area contributed by atoms with Crippen LogP contribution in [0.15, 0.2) is 0 Å². The van der Waals surface area contributed by atoms with Crippen LogP contribution < -0.4 is 5.32 Å². The van der Waals surface area contributed by atoms with Crippen molar-refractivity contribution in [2.75, 3.05) is 13.6 Å². The Morgan fingerprint density at radius 2 is 1.85 bits per heavy atom. The maximum absolute atomic E-state index is 12.0. The van der Waals surface area contributed by atoms with Crippen LogP contribution in [0.4, 0.5) is 4.79 Å². The number of carboxylic acids is 1. The van der Waals surface area contributed by atoms with Gasteiger partial charge in [-0.25, -0.2) is 9.59 Å². The van der Waals surface area contributed by atoms with Gasteiger partial charge in [-0.1, -0.05) is 13.8 Å². The molecule has 3 N–H and O–H groups in total. The lowest BCUT2D eigenvalue weighted by Crippen LogP contribution is -2.52. The molecule has 6 heteroatoms. The molecule has 20 heavy (non-hydrogen) atoms. The summed E-state index contributed by atoms with van der Waals surface area (Å²) in [4.78, 5) is 24.4. The van der Waals surface area contributed by atoms with Gasteiger partial charge in [-0.15, -0.1) is 0 Å². The van der Waals surface area contributed by atoms with Crippen LogP contribution in [0.3, 0.4) is 0 Å². The van der Waals surface area contributed by atoms with Crippen LogP contribution in [0.5, 0.6) is 0 Å². The minimum atomic E-state index is -1.94. The molecule has 116 valence electrons. The van der Waals surface area contributed by atoms with Gasteiger partial charge in [0, 0.05) is 13.1 Å². The highest BCUT2D eigenvalue weighted by Crippen LogP contribution is 2.36. The van der Waals surface area contributed by atoms with Gasteiger partial charge in [0.25, 0.3) is 0 Å². The molecule has 1 aliphatic carbocycles. The topological polar surface area (TPSA) is 89.9 Å². The second kappa shape index (κ2) is 5.99. The lowest BCUT2D eigenvalue weighted by Gasteiger charge is -2.38. The van der Waals surface area contributed by atoms with Gasteiger partial charge in [0.1, 0.15) is 0 Å². The number of urea groups is 1. The number of carbonyl (C=O) groups is 2. The van der Waals surface area contributed by atoms with E-state index in [0.29, 0.717) is 5.41 Å². The van der Waals surface area contributed by atoms with E-state index in [1.807, 2.05) is 0 Å². The Hall–Kier alpha value is -1.30. The van der Waals surface area contributed by atoms with Gasteiger partial charge >= 0.3 is 12.0 Å². The molecule has 0 radical (unpaired) electrons. The highest BCUT2D eigenvalue weighted by Gasteiger charge is 2.33. The van der Waals surface area contributed by atoms with Gasteiger partial charge in [0.15, 0.2) is 5.60 Å². The van der Waals surface area contributed by atoms with E-state index in [4.69, 9.17) is 5.11 Å². The van der Waals surface area contributed by atoms with Crippen molar-refractivity contribution >= 4 is 12.0 Å². The van der Waals surface area contributed by atoms with Crippen LogP contribution in [0.2, 0.25) is 0 Å². The second-order valence-corrected chi connectivity index (χ2v) is 6.74. The number of hydrogen-bond donors (Lipinski definition) is 3. The van der Waals surface area contributed by atoms with E-state index in [1.165, 1.54) is 6.92 Å². The van der Waals surface area contributed by atoms with Crippen LogP contribution in [0.1, 0.15) is 46.5 Å². The number of rotatable bonds is 4. The van der Waals surface area contributed by atoms with Gasteiger partial charge in [0.2, 0.25) is 0 Å². The van der Waals surface area contributed by atoms with E-state index < -0.39 is 11.6 Å². The molecule has 1 fully saturated rings. The van der Waals surface area contributed by atoms with Crippen LogP contribution in [0, 0.1) is 5.41 Å². The van der Waals surface area contributed by atoms with E-state index in [2.05, 4.69) is 19.2 Å². The number of aliphatic hydroxyl groups is 1. The predicted molar refractivity (Wildman–Crippen MR) is 75.5 cm³/mol. The molecule has 0 heterocycles. The van der Waals surface area contributed by atoms with Crippen LogP contribution in [0.25, 0.3) is 0 Å². The largest absolute Gasteiger partial charge is 0.479 e. The summed E-state index contributed by atoms with van der Waals surface area (Å²) in [6, 6.07) is -0.158. The molecule has 1 rings (SSSR count). The lowest BCUT2D eigenvalue weighted by molar-refractivity contribution is -0.155. The van der Waals surface area contributed by atoms with E-state index in [9.17, 15) is 14.7 Å². The van der Waals surface area contributed by atoms with Gasteiger partial charge in [-0.2, -0.15) is 0 Å². The predicted octanol–water partition coefficient (Wildman–Crippen LogP) is 1.43. The number of carboxylic acid groups (broad SMARTS) is 1. The number of nitrogens with zero attached hydrogens (tertiary/aromatic N) is 1. The number of amides is 2. The zero-order chi connectivity index (χ0) is 15.6. The molecular formula is C14H26N2O4. The molecule has 2 amide bonds. The SMILES string of the molecule is CN(C(=O)NCC(C)(O)C(=O)O)C1CCC(C)(C)CC1. The standard InChI is InChI=1S/C14H26N2O4/c1-13(2)7-5-10(6-8-13)16(4)12(19)15-9-14(3,20)11(17)18/h10,20H,5-9H2,1-4H3,(H,15,19)(H,17,18). The maximum Gasteiger partial charge on any atom is 0.337 e. The van der Waals surface area contributed by atoms with Crippen LogP contribution in [-0.2, 0) is 4.79 Å². The minimum Gasteiger partial charge on any atom is -0.479 e. The van der Waals surface area contributed by atoms with E-state index in [1.54, 1.807) is 11.9 Å². The smallest absolute Gasteiger partial charge is 0.337 e. The number of carbonyl (C=O) groups excluding carboxylic acids is 1. The molecule has 1 unspecified atom stereocenters. The monoisotopic (exact) mass is 286 g/mol. The summed E-state index contributed by atoms with van der Waals surface area (Å²) in [6.45, 7) is 5.32. The van der Waals surface area contributed by atoms with Crippen molar-refractivity contribution in [3.63, 3.8) is 0 Å². The van der Waals surface area contributed by atoms with Crippen molar-refractivity contribution in [3.8, 4) is 0 Å². The Morgan fingerprint density at radius 3 is 2.30 bits per heavy atom. The molecule has 0 aliphatic heterocycles. The minimum absolute atomic E-state index is 0.179. The lowest BCUT2D eigenvalue weighted by atomic mass is 9.75. The Morgan fingerprint density at radius 1 is 1.35 bits per heavy atom. The van der Waals surface area contributed by atoms with Gasteiger partial charge in [-0.05, 0) is 38.0 Å². The van der Waals surface area contributed by atoms with Crippen LogP contribution >= 0.6 is 0 Å². The molecule has 0 aromatic rings. The maximum atomic E-state index is 12.0. The molecule has 6 nitrogen and oxygen atoms in total. The van der Waals surface area contributed by atoms with Crippen molar-refractivity contribution in [3.05, 3.63) is 0 Å². The molecule has 1 saturated carbocycles. The molecule has 0 bridgehead atoms. The molecule has 1 aliphatic rings. The summed E-state index contributed by atoms with van der Waals surface area (Å²) in [7, 11) is 1.72. The average Bonchev–Trinajstić information content (AvgIpc) is 2.35. The Balaban J connectivity index is 2.46. The Bertz CT molecular complexity index is 369. The number of aliphatic carboxylic acids is 1. The summed E-state index contributed by atoms with van der Waals surface area (Å²) in [5.74, 6) is -1.35. The third-order valence-corrected chi connectivity index (χ3v) is 4.22. The van der Waals surface area contributed by atoms with Gasteiger partial charge in [-0.3, -0.25) is 0 Å². The highest BCUT2D eigenvalue weighted by atomic mass is 16.4. The number of nitrogens with one attached hydrogen (secondary N) is 1. The molecule has 0 aromatic carbocycles. The summed E-state index contributed by atoms with van der Waals surface area (Å²) < 4.78 is 0. The first kappa shape index (κ1) is 16.8. The summed E-state index contributed by atoms with van der Waals surface area (Å²) in [5.41, 5.74) is -1.61. The zero-order valence-electron chi connectivity index (χ0n) is 12.8.